The van der Waals surface area contributed by atoms with Gasteiger partial charge >= 0.3 is 0 Å². The summed E-state index contributed by atoms with van der Waals surface area (Å²) in [4.78, 5) is 0. The second-order valence-corrected chi connectivity index (χ2v) is 6.06. The molecule has 0 spiro atoms. The van der Waals surface area contributed by atoms with Gasteiger partial charge in [0.05, 0.1) is 5.75 Å². The van der Waals surface area contributed by atoms with Crippen molar-refractivity contribution in [1.29, 1.82) is 5.26 Å². The highest BCUT2D eigenvalue weighted by molar-refractivity contribution is 7.89. The zero-order valence-corrected chi connectivity index (χ0v) is 11.6. The van der Waals surface area contributed by atoms with E-state index in [1.54, 1.807) is 0 Å². The fourth-order valence-corrected chi connectivity index (χ4v) is 2.20. The Bertz CT molecular complexity index is 554. The smallest absolute Gasteiger partial charge is 0.212 e. The molecule has 0 aliphatic rings. The molecular weight excluding hydrogens is 252 g/mol. The number of sulfonamides is 1. The van der Waals surface area contributed by atoms with Crippen LogP contribution in [0.2, 0.25) is 0 Å². The van der Waals surface area contributed by atoms with Crippen LogP contribution in [0.5, 0.6) is 0 Å². The Balaban J connectivity index is 2.53. The molecule has 18 heavy (non-hydrogen) atoms. The van der Waals surface area contributed by atoms with E-state index >= 15 is 0 Å². The number of nitrogens with zero attached hydrogens (tertiary/aromatic N) is 2. The van der Waals surface area contributed by atoms with E-state index in [1.165, 1.54) is 7.05 Å². The summed E-state index contributed by atoms with van der Waals surface area (Å²) in [6, 6.07) is 3.92. The van der Waals surface area contributed by atoms with Gasteiger partial charge < -0.3 is 9.88 Å². The van der Waals surface area contributed by atoms with Crippen molar-refractivity contribution in [2.75, 3.05) is 19.3 Å². The lowest BCUT2D eigenvalue weighted by atomic mass is 10.2. The second-order valence-electron chi connectivity index (χ2n) is 4.01. The molecular formula is C11H18N4O2S. The Morgan fingerprint density at radius 3 is 2.67 bits per heavy atom. The van der Waals surface area contributed by atoms with Crippen LogP contribution >= 0.6 is 0 Å². The van der Waals surface area contributed by atoms with Crippen LogP contribution in [0.1, 0.15) is 17.0 Å². The van der Waals surface area contributed by atoms with Crippen LogP contribution in [0.25, 0.3) is 0 Å². The van der Waals surface area contributed by atoms with Gasteiger partial charge in [-0.25, -0.2) is 13.1 Å². The molecule has 1 rings (SSSR count). The Morgan fingerprint density at radius 1 is 1.50 bits per heavy atom. The summed E-state index contributed by atoms with van der Waals surface area (Å²) in [5.41, 5.74) is 2.62. The number of aromatic nitrogens is 1. The van der Waals surface area contributed by atoms with Gasteiger partial charge in [-0.05, 0) is 25.6 Å². The Morgan fingerprint density at radius 2 is 2.17 bits per heavy atom. The van der Waals surface area contributed by atoms with Gasteiger partial charge in [0.2, 0.25) is 10.0 Å². The standard InChI is InChI=1S/C11H18N4O2S/c1-9-10(6-11(7-12)15(9)3)8-14-4-5-18(16,17)13-2/h6,13-14H,4-5,8H2,1-3H3. The van der Waals surface area contributed by atoms with Crippen LogP contribution in [-0.2, 0) is 23.6 Å². The number of nitriles is 1. The average molecular weight is 270 g/mol. The van der Waals surface area contributed by atoms with Crippen molar-refractivity contribution in [2.24, 2.45) is 7.05 Å². The van der Waals surface area contributed by atoms with Gasteiger partial charge in [0.25, 0.3) is 0 Å². The van der Waals surface area contributed by atoms with E-state index in [1.807, 2.05) is 24.6 Å². The SMILES string of the molecule is CNS(=O)(=O)CCNCc1cc(C#N)n(C)c1C. The first kappa shape index (κ1) is 14.7. The van der Waals surface area contributed by atoms with Gasteiger partial charge in [-0.2, -0.15) is 5.26 Å². The Kier molecular flexibility index (Phi) is 4.90. The van der Waals surface area contributed by atoms with E-state index in [-0.39, 0.29) is 5.75 Å². The maximum absolute atomic E-state index is 11.2. The van der Waals surface area contributed by atoms with Gasteiger partial charge in [-0.3, -0.25) is 0 Å². The molecule has 0 aliphatic heterocycles. The van der Waals surface area contributed by atoms with E-state index < -0.39 is 10.0 Å². The summed E-state index contributed by atoms with van der Waals surface area (Å²) in [5, 5.41) is 11.9. The minimum Gasteiger partial charge on any atom is -0.340 e. The minimum atomic E-state index is -3.16. The van der Waals surface area contributed by atoms with Gasteiger partial charge in [-0.15, -0.1) is 0 Å². The van der Waals surface area contributed by atoms with E-state index in [4.69, 9.17) is 5.26 Å². The van der Waals surface area contributed by atoms with E-state index in [0.717, 1.165) is 11.3 Å². The molecule has 0 radical (unpaired) electrons. The van der Waals surface area contributed by atoms with Gasteiger partial charge in [0.15, 0.2) is 0 Å². The van der Waals surface area contributed by atoms with Crippen LogP contribution in [0.4, 0.5) is 0 Å². The van der Waals surface area contributed by atoms with Crippen LogP contribution in [0, 0.1) is 18.3 Å². The molecule has 0 amide bonds. The van der Waals surface area contributed by atoms with Crippen molar-refractivity contribution in [2.45, 2.75) is 13.5 Å². The molecule has 0 saturated carbocycles. The molecule has 1 aromatic rings. The molecule has 0 bridgehead atoms. The Labute approximate surface area is 108 Å². The fourth-order valence-electron chi connectivity index (χ4n) is 1.58. The molecule has 0 atom stereocenters. The number of hydrogen-bond donors (Lipinski definition) is 2. The third kappa shape index (κ3) is 3.57. The van der Waals surface area contributed by atoms with Crippen LogP contribution < -0.4 is 10.0 Å². The molecule has 0 fully saturated rings. The predicted molar refractivity (Wildman–Crippen MR) is 69.4 cm³/mol. The lowest BCUT2D eigenvalue weighted by molar-refractivity contribution is 0.583. The lowest BCUT2D eigenvalue weighted by Crippen LogP contribution is -2.29. The van der Waals surface area contributed by atoms with Crippen molar-refractivity contribution in [3.63, 3.8) is 0 Å². The van der Waals surface area contributed by atoms with Crippen molar-refractivity contribution in [1.82, 2.24) is 14.6 Å². The highest BCUT2D eigenvalue weighted by Gasteiger charge is 2.09. The van der Waals surface area contributed by atoms with Crippen molar-refractivity contribution >= 4 is 10.0 Å². The average Bonchev–Trinajstić information content (AvgIpc) is 2.62. The third-order valence-electron chi connectivity index (χ3n) is 2.93. The zero-order valence-electron chi connectivity index (χ0n) is 10.8. The fraction of sp³-hybridized carbons (Fsp3) is 0.545. The first-order valence-corrected chi connectivity index (χ1v) is 7.23. The molecule has 6 nitrogen and oxygen atoms in total. The molecule has 0 saturated heterocycles. The summed E-state index contributed by atoms with van der Waals surface area (Å²) < 4.78 is 26.4. The van der Waals surface area contributed by atoms with Crippen molar-refractivity contribution in [3.8, 4) is 6.07 Å². The minimum absolute atomic E-state index is 0.0422. The van der Waals surface area contributed by atoms with E-state index in [0.29, 0.717) is 18.8 Å². The summed E-state index contributed by atoms with van der Waals surface area (Å²) >= 11 is 0. The normalized spacial score (nSPS) is 11.4. The van der Waals surface area contributed by atoms with Crippen LogP contribution in [0.3, 0.4) is 0 Å². The maximum atomic E-state index is 11.2. The summed E-state index contributed by atoms with van der Waals surface area (Å²) in [7, 11) is 0.0731. The summed E-state index contributed by atoms with van der Waals surface area (Å²) in [5.74, 6) is 0.0422. The predicted octanol–water partition coefficient (Wildman–Crippen LogP) is -0.156. The molecule has 1 aromatic heterocycles. The lowest BCUT2D eigenvalue weighted by Gasteiger charge is -2.05. The largest absolute Gasteiger partial charge is 0.340 e. The third-order valence-corrected chi connectivity index (χ3v) is 4.29. The first-order chi connectivity index (χ1) is 8.41. The summed E-state index contributed by atoms with van der Waals surface area (Å²) in [6.45, 7) is 2.86. The van der Waals surface area contributed by atoms with Gasteiger partial charge in [0, 0.05) is 25.8 Å². The molecule has 100 valence electrons. The number of rotatable bonds is 6. The first-order valence-electron chi connectivity index (χ1n) is 5.58. The van der Waals surface area contributed by atoms with Crippen LogP contribution in [-0.4, -0.2) is 32.3 Å². The molecule has 2 N–H and O–H groups in total. The van der Waals surface area contributed by atoms with Gasteiger partial charge in [0.1, 0.15) is 11.8 Å². The second kappa shape index (κ2) is 6.00. The summed E-state index contributed by atoms with van der Waals surface area (Å²) in [6.07, 6.45) is 0. The maximum Gasteiger partial charge on any atom is 0.212 e. The Hall–Kier alpha value is -1.36. The molecule has 7 heteroatoms. The van der Waals surface area contributed by atoms with E-state index in [2.05, 4.69) is 16.1 Å². The number of nitrogens with one attached hydrogen (secondary N) is 2. The number of hydrogen-bond acceptors (Lipinski definition) is 4. The molecule has 0 aliphatic carbocycles. The van der Waals surface area contributed by atoms with Crippen LogP contribution in [0.15, 0.2) is 6.07 Å². The van der Waals surface area contributed by atoms with Gasteiger partial charge in [-0.1, -0.05) is 0 Å². The van der Waals surface area contributed by atoms with Crippen molar-refractivity contribution in [3.05, 3.63) is 23.0 Å². The highest BCUT2D eigenvalue weighted by Crippen LogP contribution is 2.12. The van der Waals surface area contributed by atoms with Crippen molar-refractivity contribution < 1.29 is 8.42 Å². The zero-order chi connectivity index (χ0) is 13.8. The highest BCUT2D eigenvalue weighted by atomic mass is 32.2. The molecule has 1 heterocycles. The topological polar surface area (TPSA) is 86.9 Å². The quantitative estimate of drug-likeness (QED) is 0.703. The van der Waals surface area contributed by atoms with E-state index in [9.17, 15) is 8.42 Å². The molecule has 0 unspecified atom stereocenters. The molecule has 0 aromatic carbocycles. The monoisotopic (exact) mass is 270 g/mol.